The van der Waals surface area contributed by atoms with Gasteiger partial charge in [-0.3, -0.25) is 19.3 Å². The molecule has 0 amide bonds. The van der Waals surface area contributed by atoms with Crippen molar-refractivity contribution in [2.75, 3.05) is 20.7 Å². The van der Waals surface area contributed by atoms with Gasteiger partial charge in [0.05, 0.1) is 17.2 Å². The minimum atomic E-state index is -2.64. The molecule has 0 bridgehead atoms. The molecule has 4 atom stereocenters. The third-order valence-corrected chi connectivity index (χ3v) is 9.14. The molecule has 45 heavy (non-hydrogen) atoms. The van der Waals surface area contributed by atoms with Crippen molar-refractivity contribution >= 4 is 23.1 Å². The summed E-state index contributed by atoms with van der Waals surface area (Å²) >= 11 is 0. The fourth-order valence-electron chi connectivity index (χ4n) is 7.06. The zero-order valence-electron chi connectivity index (χ0n) is 24.7. The number of phenolic OH excluding ortho intramolecular Hbond substituents is 1. The molecular formula is C33H33FN2O9. The van der Waals surface area contributed by atoms with E-state index >= 15 is 4.39 Å². The van der Waals surface area contributed by atoms with Gasteiger partial charge in [0.2, 0.25) is 11.6 Å². The molecule has 3 aromatic rings. The summed E-state index contributed by atoms with van der Waals surface area (Å²) in [5.41, 5.74) is -3.04. The molecule has 3 aliphatic rings. The Morgan fingerprint density at radius 3 is 2.56 bits per heavy atom. The molecule has 3 aliphatic carbocycles. The maximum atomic E-state index is 15.2. The lowest BCUT2D eigenvalue weighted by atomic mass is 9.57. The highest BCUT2D eigenvalue weighted by molar-refractivity contribution is 6.26. The summed E-state index contributed by atoms with van der Waals surface area (Å²) in [6, 6.07) is 9.38. The Balaban J connectivity index is 1.42. The van der Waals surface area contributed by atoms with Gasteiger partial charge in [0.25, 0.3) is 5.88 Å². The minimum absolute atomic E-state index is 0.000449. The third kappa shape index (κ3) is 4.75. The monoisotopic (exact) mass is 620 g/mol. The van der Waals surface area contributed by atoms with Crippen LogP contribution in [0, 0.1) is 17.7 Å². The predicted octanol–water partition coefficient (Wildman–Crippen LogP) is 3.70. The number of phenols is 1. The number of ketones is 3. The molecule has 1 aromatic heterocycles. The van der Waals surface area contributed by atoms with Gasteiger partial charge < -0.3 is 29.7 Å². The zero-order valence-corrected chi connectivity index (χ0v) is 24.7. The second-order valence-electron chi connectivity index (χ2n) is 12.1. The normalized spacial score (nSPS) is 23.8. The van der Waals surface area contributed by atoms with E-state index in [0.29, 0.717) is 6.42 Å². The molecule has 11 nitrogen and oxygen atoms in total. The van der Waals surface area contributed by atoms with Gasteiger partial charge in [-0.1, -0.05) is 30.3 Å². The van der Waals surface area contributed by atoms with Crippen LogP contribution in [0.5, 0.6) is 11.6 Å². The van der Waals surface area contributed by atoms with Crippen LogP contribution < -0.4 is 4.74 Å². The molecular weight excluding hydrogens is 587 g/mol. The number of aromatic hydroxyl groups is 1. The van der Waals surface area contributed by atoms with Gasteiger partial charge >= 0.3 is 0 Å². The van der Waals surface area contributed by atoms with Gasteiger partial charge in [0.1, 0.15) is 29.5 Å². The molecule has 0 radical (unpaired) electrons. The average molecular weight is 621 g/mol. The third-order valence-electron chi connectivity index (χ3n) is 9.14. The van der Waals surface area contributed by atoms with Crippen molar-refractivity contribution in [1.82, 2.24) is 10.1 Å². The number of ether oxygens (including phenoxy) is 1. The fraction of sp³-hybridized carbons (Fsp3) is 0.394. The van der Waals surface area contributed by atoms with E-state index in [0.717, 1.165) is 11.6 Å². The van der Waals surface area contributed by atoms with Crippen LogP contribution in [-0.2, 0) is 17.8 Å². The summed E-state index contributed by atoms with van der Waals surface area (Å²) in [5.74, 6) is -7.08. The number of halogens is 1. The number of carbonyl (C=O) groups excluding carboxylic acids is 3. The molecule has 1 fully saturated rings. The van der Waals surface area contributed by atoms with E-state index < -0.39 is 63.7 Å². The van der Waals surface area contributed by atoms with Crippen molar-refractivity contribution in [3.8, 4) is 11.6 Å². The summed E-state index contributed by atoms with van der Waals surface area (Å²) in [7, 11) is 3.40. The lowest BCUT2D eigenvalue weighted by molar-refractivity contribution is -0.142. The van der Waals surface area contributed by atoms with E-state index in [1.165, 1.54) is 0 Å². The Hall–Kier alpha value is -4.39. The Labute approximate surface area is 257 Å². The summed E-state index contributed by atoms with van der Waals surface area (Å²) in [4.78, 5) is 42.9. The van der Waals surface area contributed by atoms with Gasteiger partial charge in [-0.05, 0) is 68.0 Å². The number of aliphatic hydroxyl groups is 3. The number of aliphatic hydroxyl groups excluding tert-OH is 2. The lowest BCUT2D eigenvalue weighted by Gasteiger charge is -2.49. The molecule has 236 valence electrons. The highest BCUT2D eigenvalue weighted by Gasteiger charge is 2.65. The van der Waals surface area contributed by atoms with Crippen LogP contribution in [0.2, 0.25) is 0 Å². The second-order valence-corrected chi connectivity index (χ2v) is 12.1. The largest absolute Gasteiger partial charge is 0.507 e. The summed E-state index contributed by atoms with van der Waals surface area (Å²) < 4.78 is 26.6. The van der Waals surface area contributed by atoms with Crippen molar-refractivity contribution in [3.63, 3.8) is 0 Å². The molecule has 0 spiro atoms. The molecule has 0 saturated heterocycles. The summed E-state index contributed by atoms with van der Waals surface area (Å²) in [5, 5.41) is 47.6. The van der Waals surface area contributed by atoms with Crippen LogP contribution >= 0.6 is 0 Å². The van der Waals surface area contributed by atoms with Crippen molar-refractivity contribution < 1.29 is 48.5 Å². The smallest absolute Gasteiger partial charge is 0.265 e. The van der Waals surface area contributed by atoms with E-state index in [1.54, 1.807) is 19.0 Å². The SMILES string of the molecule is CN(C)[C@@H]1c2onc(OCc3ccccc3)c2C(=O)[C@@]2(O)C(=O)C3=C(O)c4c(cc(F)c(C(=O)CCCCO)c4O)C[C@H]3C[C@@H]12. The van der Waals surface area contributed by atoms with Crippen LogP contribution in [-0.4, -0.2) is 74.1 Å². The number of rotatable bonds is 9. The van der Waals surface area contributed by atoms with Gasteiger partial charge in [-0.25, -0.2) is 4.39 Å². The number of nitrogens with zero attached hydrogens (tertiary/aromatic N) is 2. The van der Waals surface area contributed by atoms with Crippen molar-refractivity contribution in [2.24, 2.45) is 11.8 Å². The Bertz CT molecular complexity index is 1730. The Kier molecular flexibility index (Phi) is 7.84. The number of carbonyl (C=O) groups is 3. The number of benzene rings is 2. The second kappa shape index (κ2) is 11.5. The predicted molar refractivity (Wildman–Crippen MR) is 156 cm³/mol. The number of hydrogen-bond donors (Lipinski definition) is 4. The van der Waals surface area contributed by atoms with Crippen molar-refractivity contribution in [1.29, 1.82) is 0 Å². The first-order chi connectivity index (χ1) is 21.5. The van der Waals surface area contributed by atoms with Crippen LogP contribution in [0.4, 0.5) is 4.39 Å². The number of Topliss-reactive ketones (excluding diaryl/α,β-unsaturated/α-hetero) is 3. The van der Waals surface area contributed by atoms with Crippen LogP contribution in [0.3, 0.4) is 0 Å². The first-order valence-corrected chi connectivity index (χ1v) is 14.8. The quantitative estimate of drug-likeness (QED) is 0.156. The fourth-order valence-corrected chi connectivity index (χ4v) is 7.06. The highest BCUT2D eigenvalue weighted by Crippen LogP contribution is 2.56. The Morgan fingerprint density at radius 1 is 1.13 bits per heavy atom. The average Bonchev–Trinajstić information content (AvgIpc) is 3.41. The molecule has 4 N–H and O–H groups in total. The molecule has 1 heterocycles. The van der Waals surface area contributed by atoms with E-state index in [-0.39, 0.29) is 72.8 Å². The van der Waals surface area contributed by atoms with Gasteiger partial charge in [0, 0.05) is 24.5 Å². The number of fused-ring (bicyclic) bond motifs is 4. The zero-order chi connectivity index (χ0) is 32.2. The first kappa shape index (κ1) is 30.6. The van der Waals surface area contributed by atoms with Gasteiger partial charge in [-0.15, -0.1) is 0 Å². The number of aromatic nitrogens is 1. The van der Waals surface area contributed by atoms with E-state index in [1.807, 2.05) is 30.3 Å². The number of hydrogen-bond acceptors (Lipinski definition) is 11. The lowest BCUT2D eigenvalue weighted by Crippen LogP contribution is -2.63. The first-order valence-electron chi connectivity index (χ1n) is 14.8. The molecule has 2 aromatic carbocycles. The van der Waals surface area contributed by atoms with E-state index in [4.69, 9.17) is 14.4 Å². The molecule has 0 aliphatic heterocycles. The van der Waals surface area contributed by atoms with Crippen molar-refractivity contribution in [2.45, 2.75) is 50.4 Å². The van der Waals surface area contributed by atoms with Gasteiger partial charge in [0.15, 0.2) is 17.1 Å². The van der Waals surface area contributed by atoms with E-state index in [9.17, 15) is 29.7 Å². The van der Waals surface area contributed by atoms with Crippen LogP contribution in [0.15, 0.2) is 46.5 Å². The molecule has 6 rings (SSSR count). The Morgan fingerprint density at radius 2 is 1.87 bits per heavy atom. The van der Waals surface area contributed by atoms with Gasteiger partial charge in [-0.2, -0.15) is 0 Å². The minimum Gasteiger partial charge on any atom is -0.507 e. The molecule has 1 saturated carbocycles. The maximum Gasteiger partial charge on any atom is 0.265 e. The standard InChI is InChI=1S/C33H33FN2O9/c1-36(2)26-19-13-17-12-18-14-20(34)24(21(38)10-6-7-11-37)28(40)22(18)27(39)23(17)30(41)33(19,43)31(42)25-29(26)45-35-32(25)44-15-16-8-4-3-5-9-16/h3-5,8-9,14,17,19,26,37,39-40,43H,6-7,10-13,15H2,1-2H3/t17-,19-,26-,33-/m0/s1. The number of unbranched alkanes of at least 4 members (excludes halogenated alkanes) is 1. The van der Waals surface area contributed by atoms with E-state index in [2.05, 4.69) is 5.16 Å². The van der Waals surface area contributed by atoms with Crippen LogP contribution in [0.25, 0.3) is 5.76 Å². The molecule has 12 heteroatoms. The topological polar surface area (TPSA) is 171 Å². The maximum absolute atomic E-state index is 15.2. The summed E-state index contributed by atoms with van der Waals surface area (Å²) in [6.07, 6.45) is 0.434. The molecule has 0 unspecified atom stereocenters. The van der Waals surface area contributed by atoms with Crippen molar-refractivity contribution in [3.05, 3.63) is 81.4 Å². The highest BCUT2D eigenvalue weighted by atomic mass is 19.1. The van der Waals surface area contributed by atoms with Crippen LogP contribution in [0.1, 0.15) is 74.9 Å². The summed E-state index contributed by atoms with van der Waals surface area (Å²) in [6.45, 7) is -0.117.